The van der Waals surface area contributed by atoms with Crippen LogP contribution in [0.25, 0.3) is 0 Å². The lowest BCUT2D eigenvalue weighted by Crippen LogP contribution is -2.43. The number of pyridine rings is 1. The highest BCUT2D eigenvalue weighted by Gasteiger charge is 2.24. The Labute approximate surface area is 117 Å². The second kappa shape index (κ2) is 6.08. The predicted molar refractivity (Wildman–Crippen MR) is 76.1 cm³/mol. The topological polar surface area (TPSA) is 68.5 Å². The zero-order chi connectivity index (χ0) is 13.8. The first-order chi connectivity index (χ1) is 9.11. The molecule has 1 aromatic rings. The van der Waals surface area contributed by atoms with E-state index in [9.17, 15) is 4.79 Å². The number of hydrogen-bond acceptors (Lipinski definition) is 4. The Balaban J connectivity index is 2.08. The fraction of sp³-hybridized carbons (Fsp3) is 0.462. The van der Waals surface area contributed by atoms with Crippen molar-refractivity contribution in [3.05, 3.63) is 29.6 Å². The Morgan fingerprint density at radius 3 is 2.95 bits per heavy atom. The Kier molecular flexibility index (Phi) is 4.44. The van der Waals surface area contributed by atoms with Crippen LogP contribution in [0.4, 0.5) is 0 Å². The van der Waals surface area contributed by atoms with Gasteiger partial charge in [0.2, 0.25) is 0 Å². The molecule has 1 aromatic heterocycles. The fourth-order valence-corrected chi connectivity index (χ4v) is 2.26. The van der Waals surface area contributed by atoms with E-state index in [1.165, 1.54) is 6.20 Å². The van der Waals surface area contributed by atoms with E-state index in [0.717, 1.165) is 19.4 Å². The lowest BCUT2D eigenvalue weighted by Gasteiger charge is -2.31. The summed E-state index contributed by atoms with van der Waals surface area (Å²) in [6.45, 7) is 1.37. The zero-order valence-corrected chi connectivity index (χ0v) is 11.7. The normalized spacial score (nSPS) is 19.2. The van der Waals surface area contributed by atoms with Crippen molar-refractivity contribution in [3.63, 3.8) is 0 Å². The Hall–Kier alpha value is -1.53. The number of rotatable bonds is 3. The first kappa shape index (κ1) is 13.9. The van der Waals surface area contributed by atoms with Crippen LogP contribution in [-0.4, -0.2) is 47.1 Å². The Morgan fingerprint density at radius 1 is 1.58 bits per heavy atom. The molecule has 102 valence electrons. The summed E-state index contributed by atoms with van der Waals surface area (Å²) in [5.41, 5.74) is 6.58. The minimum atomic E-state index is -0.0729. The number of nitrogens with zero attached hydrogens (tertiary/aromatic N) is 2. The van der Waals surface area contributed by atoms with Crippen LogP contribution in [0.1, 0.15) is 28.9 Å². The summed E-state index contributed by atoms with van der Waals surface area (Å²) >= 11 is 4.85. The monoisotopic (exact) mass is 279 g/mol. The molecule has 1 fully saturated rings. The number of hydrogen-bond donors (Lipinski definition) is 1. The summed E-state index contributed by atoms with van der Waals surface area (Å²) in [6, 6.07) is 3.38. The van der Waals surface area contributed by atoms with Gasteiger partial charge in [0, 0.05) is 32.0 Å². The number of amides is 1. The predicted octanol–water partition coefficient (Wildman–Crippen LogP) is 0.967. The molecule has 2 N–H and O–H groups in total. The van der Waals surface area contributed by atoms with Crippen molar-refractivity contribution >= 4 is 23.1 Å². The molecule has 1 aliphatic rings. The highest BCUT2D eigenvalue weighted by Crippen LogP contribution is 2.15. The second-order valence-electron chi connectivity index (χ2n) is 4.55. The summed E-state index contributed by atoms with van der Waals surface area (Å²) < 4.78 is 5.31. The third-order valence-electron chi connectivity index (χ3n) is 3.27. The van der Waals surface area contributed by atoms with Crippen LogP contribution >= 0.6 is 12.2 Å². The number of thiocarbonyl (C=S) groups is 1. The number of likely N-dealkylation sites (tertiary alicyclic amines) is 1. The second-order valence-corrected chi connectivity index (χ2v) is 4.99. The number of carbonyl (C=O) groups excluding carboxylic acids is 1. The van der Waals surface area contributed by atoms with E-state index in [1.807, 2.05) is 0 Å². The molecular formula is C13H17N3O2S. The number of ether oxygens (including phenoxy) is 1. The molecule has 0 radical (unpaired) electrons. The van der Waals surface area contributed by atoms with Gasteiger partial charge in [-0.3, -0.25) is 9.78 Å². The molecule has 0 aliphatic carbocycles. The molecule has 19 heavy (non-hydrogen) atoms. The lowest BCUT2D eigenvalue weighted by molar-refractivity contribution is 0.0266. The molecule has 1 amide bonds. The van der Waals surface area contributed by atoms with E-state index >= 15 is 0 Å². The maximum absolute atomic E-state index is 12.3. The maximum Gasteiger partial charge on any atom is 0.272 e. The van der Waals surface area contributed by atoms with Crippen LogP contribution in [0.15, 0.2) is 18.3 Å². The molecule has 6 heteroatoms. The van der Waals surface area contributed by atoms with Crippen LogP contribution in [0.3, 0.4) is 0 Å². The number of carbonyl (C=O) groups is 1. The van der Waals surface area contributed by atoms with E-state index in [0.29, 0.717) is 17.8 Å². The third-order valence-corrected chi connectivity index (χ3v) is 3.50. The summed E-state index contributed by atoms with van der Waals surface area (Å²) in [6.07, 6.45) is 3.60. The first-order valence-electron chi connectivity index (χ1n) is 6.19. The van der Waals surface area contributed by atoms with Gasteiger partial charge in [-0.2, -0.15) is 0 Å². The molecule has 0 spiro atoms. The molecule has 1 aliphatic heterocycles. The van der Waals surface area contributed by atoms with Gasteiger partial charge < -0.3 is 15.4 Å². The van der Waals surface area contributed by atoms with Gasteiger partial charge in [-0.05, 0) is 25.0 Å². The van der Waals surface area contributed by atoms with Crippen molar-refractivity contribution in [1.29, 1.82) is 0 Å². The first-order valence-corrected chi connectivity index (χ1v) is 6.60. The van der Waals surface area contributed by atoms with E-state index in [1.54, 1.807) is 24.1 Å². The standard InChI is InChI=1S/C13H17N3O2S/c1-18-10-3-2-6-16(8-10)13(17)11-5-4-9(7-15-11)12(14)19/h4-5,7,10H,2-3,6,8H2,1H3,(H2,14,19). The van der Waals surface area contributed by atoms with Crippen LogP contribution in [0.2, 0.25) is 0 Å². The molecule has 0 saturated carbocycles. The average Bonchev–Trinajstić information content (AvgIpc) is 2.46. The molecule has 0 bridgehead atoms. The van der Waals surface area contributed by atoms with Crippen molar-refractivity contribution in [2.75, 3.05) is 20.2 Å². The van der Waals surface area contributed by atoms with Gasteiger partial charge in [-0.25, -0.2) is 0 Å². The molecule has 1 saturated heterocycles. The zero-order valence-electron chi connectivity index (χ0n) is 10.8. The maximum atomic E-state index is 12.3. The number of methoxy groups -OCH3 is 1. The highest BCUT2D eigenvalue weighted by molar-refractivity contribution is 7.80. The molecule has 5 nitrogen and oxygen atoms in total. The summed E-state index contributed by atoms with van der Waals surface area (Å²) in [7, 11) is 1.67. The van der Waals surface area contributed by atoms with Gasteiger partial charge in [-0.15, -0.1) is 0 Å². The fourth-order valence-electron chi connectivity index (χ4n) is 2.14. The quantitative estimate of drug-likeness (QED) is 0.835. The smallest absolute Gasteiger partial charge is 0.272 e. The summed E-state index contributed by atoms with van der Waals surface area (Å²) in [4.78, 5) is 18.5. The van der Waals surface area contributed by atoms with Crippen molar-refractivity contribution in [2.45, 2.75) is 18.9 Å². The average molecular weight is 279 g/mol. The number of piperidine rings is 1. The van der Waals surface area contributed by atoms with E-state index < -0.39 is 0 Å². The molecule has 1 unspecified atom stereocenters. The molecular weight excluding hydrogens is 262 g/mol. The SMILES string of the molecule is COC1CCCN(C(=O)c2ccc(C(N)=S)cn2)C1. The lowest BCUT2D eigenvalue weighted by atomic mass is 10.1. The summed E-state index contributed by atoms with van der Waals surface area (Å²) in [5, 5.41) is 0. The van der Waals surface area contributed by atoms with E-state index in [2.05, 4.69) is 4.98 Å². The van der Waals surface area contributed by atoms with Crippen molar-refractivity contribution in [3.8, 4) is 0 Å². The van der Waals surface area contributed by atoms with Crippen LogP contribution in [0.5, 0.6) is 0 Å². The van der Waals surface area contributed by atoms with Gasteiger partial charge in [0.05, 0.1) is 6.10 Å². The number of nitrogens with two attached hydrogens (primary N) is 1. The Bertz CT molecular complexity index is 475. The van der Waals surface area contributed by atoms with Crippen LogP contribution in [-0.2, 0) is 4.74 Å². The minimum absolute atomic E-state index is 0.0729. The van der Waals surface area contributed by atoms with Gasteiger partial charge >= 0.3 is 0 Å². The van der Waals surface area contributed by atoms with Crippen molar-refractivity contribution in [2.24, 2.45) is 5.73 Å². The molecule has 2 heterocycles. The molecule has 1 atom stereocenters. The Morgan fingerprint density at radius 2 is 2.37 bits per heavy atom. The van der Waals surface area contributed by atoms with Crippen LogP contribution < -0.4 is 5.73 Å². The van der Waals surface area contributed by atoms with Crippen molar-refractivity contribution in [1.82, 2.24) is 9.88 Å². The molecule has 2 rings (SSSR count). The van der Waals surface area contributed by atoms with Gasteiger partial charge in [0.15, 0.2) is 0 Å². The minimum Gasteiger partial charge on any atom is -0.389 e. The van der Waals surface area contributed by atoms with Gasteiger partial charge in [0.25, 0.3) is 5.91 Å². The van der Waals surface area contributed by atoms with E-state index in [4.69, 9.17) is 22.7 Å². The molecule has 0 aromatic carbocycles. The van der Waals surface area contributed by atoms with Gasteiger partial charge in [-0.1, -0.05) is 12.2 Å². The van der Waals surface area contributed by atoms with Crippen LogP contribution in [0, 0.1) is 0 Å². The van der Waals surface area contributed by atoms with E-state index in [-0.39, 0.29) is 17.0 Å². The largest absolute Gasteiger partial charge is 0.389 e. The highest BCUT2D eigenvalue weighted by atomic mass is 32.1. The third kappa shape index (κ3) is 3.27. The van der Waals surface area contributed by atoms with Crippen molar-refractivity contribution < 1.29 is 9.53 Å². The number of aromatic nitrogens is 1. The summed E-state index contributed by atoms with van der Waals surface area (Å²) in [5.74, 6) is -0.0729. The van der Waals surface area contributed by atoms with Gasteiger partial charge in [0.1, 0.15) is 10.7 Å².